The molecule has 1 saturated heterocycles. The van der Waals surface area contributed by atoms with Gasteiger partial charge < -0.3 is 18.9 Å². The van der Waals surface area contributed by atoms with Crippen molar-refractivity contribution in [1.29, 1.82) is 0 Å². The first kappa shape index (κ1) is 12.9. The van der Waals surface area contributed by atoms with E-state index in [0.717, 1.165) is 0 Å². The maximum atomic E-state index is 11.5. The molecular weight excluding hydrogens is 302 g/mol. The zero-order chi connectivity index (χ0) is 18.1. The van der Waals surface area contributed by atoms with Gasteiger partial charge in [-0.3, -0.25) is 14.4 Å². The Balaban J connectivity index is 3.09. The van der Waals surface area contributed by atoms with Crippen molar-refractivity contribution in [2.45, 2.75) is 45.2 Å². The van der Waals surface area contributed by atoms with Crippen molar-refractivity contribution in [3.05, 3.63) is 0 Å². The van der Waals surface area contributed by atoms with Crippen LogP contribution in [0.5, 0.6) is 0 Å². The molecule has 0 amide bonds. The molecule has 0 radical (unpaired) electrons. The fourth-order valence-corrected chi connectivity index (χ4v) is 1.87. The summed E-state index contributed by atoms with van der Waals surface area (Å²) in [4.78, 5) is 37.9. The van der Waals surface area contributed by atoms with E-state index in [0.29, 0.717) is 0 Å². The number of aliphatic imine (C=N–C) groups is 1. The number of esters is 3. The van der Waals surface area contributed by atoms with Gasteiger partial charge >= 0.3 is 17.9 Å². The highest BCUT2D eigenvalue weighted by Crippen LogP contribution is 2.24. The summed E-state index contributed by atoms with van der Waals surface area (Å²) in [6, 6.07) is 0. The minimum Gasteiger partial charge on any atom is -0.456 e. The largest absolute Gasteiger partial charge is 0.456 e. The Bertz CT molecular complexity index is 529. The Hall–Kier alpha value is -1.83. The molecule has 0 saturated carbocycles. The van der Waals surface area contributed by atoms with Gasteiger partial charge in [-0.1, -0.05) is 0 Å². The van der Waals surface area contributed by atoms with Crippen molar-refractivity contribution in [2.24, 2.45) is 4.99 Å². The lowest BCUT2D eigenvalue weighted by atomic mass is 10.0. The van der Waals surface area contributed by atoms with Crippen molar-refractivity contribution in [2.75, 3.05) is 6.61 Å². The van der Waals surface area contributed by atoms with Crippen LogP contribution < -0.4 is 0 Å². The van der Waals surface area contributed by atoms with Crippen molar-refractivity contribution >= 4 is 35.3 Å². The van der Waals surface area contributed by atoms with E-state index < -0.39 is 63.1 Å². The average molecular weight is 320 g/mol. The Morgan fingerprint density at radius 1 is 1.14 bits per heavy atom. The molecule has 0 aromatic heterocycles. The molecule has 1 rings (SSSR count). The number of hydrogen-bond donors (Lipinski definition) is 0. The van der Waals surface area contributed by atoms with E-state index in [1.807, 2.05) is 5.16 Å². The van der Waals surface area contributed by atoms with Crippen molar-refractivity contribution in [1.82, 2.24) is 0 Å². The minimum atomic E-state index is -1.34. The molecule has 0 aromatic carbocycles. The second-order valence-electron chi connectivity index (χ2n) is 3.88. The summed E-state index contributed by atoms with van der Waals surface area (Å²) >= 11 is 4.47. The SMILES string of the molecule is [2H]CC(=O)O[C@H]1[C@H](OC(=O)C[2H])COC(N=C=S)[C@@H]1OC(=O)C[2H]. The van der Waals surface area contributed by atoms with Gasteiger partial charge in [-0.05, 0) is 12.2 Å². The van der Waals surface area contributed by atoms with E-state index in [1.54, 1.807) is 0 Å². The molecule has 21 heavy (non-hydrogen) atoms. The van der Waals surface area contributed by atoms with E-state index in [1.165, 1.54) is 0 Å². The smallest absolute Gasteiger partial charge is 0.303 e. The lowest BCUT2D eigenvalue weighted by molar-refractivity contribution is -0.224. The van der Waals surface area contributed by atoms with E-state index in [4.69, 9.17) is 23.1 Å². The molecule has 1 heterocycles. The highest BCUT2D eigenvalue weighted by atomic mass is 32.1. The molecule has 116 valence electrons. The lowest BCUT2D eigenvalue weighted by Gasteiger charge is -2.38. The van der Waals surface area contributed by atoms with Crippen LogP contribution >= 0.6 is 12.2 Å². The summed E-state index contributed by atoms with van der Waals surface area (Å²) in [6.07, 6.45) is -5.00. The fraction of sp³-hybridized carbons (Fsp3) is 0.667. The molecule has 9 heteroatoms. The monoisotopic (exact) mass is 320 g/mol. The van der Waals surface area contributed by atoms with Gasteiger partial charge in [-0.25, -0.2) is 0 Å². The number of nitrogens with zero attached hydrogens (tertiary/aromatic N) is 1. The maximum Gasteiger partial charge on any atom is 0.303 e. The zero-order valence-corrected chi connectivity index (χ0v) is 11.7. The molecule has 0 aliphatic carbocycles. The van der Waals surface area contributed by atoms with Gasteiger partial charge in [0.1, 0.15) is 0 Å². The van der Waals surface area contributed by atoms with Crippen LogP contribution in [-0.2, 0) is 33.3 Å². The number of hydrogen-bond acceptors (Lipinski definition) is 9. The van der Waals surface area contributed by atoms with Crippen LogP contribution in [-0.4, -0.2) is 54.2 Å². The number of ether oxygens (including phenoxy) is 4. The molecule has 1 aliphatic rings. The van der Waals surface area contributed by atoms with Crippen LogP contribution in [0.25, 0.3) is 0 Å². The van der Waals surface area contributed by atoms with Crippen molar-refractivity contribution in [3.8, 4) is 0 Å². The summed E-state index contributed by atoms with van der Waals surface area (Å²) < 4.78 is 41.2. The zero-order valence-electron chi connectivity index (χ0n) is 13.9. The van der Waals surface area contributed by atoms with Crippen LogP contribution in [0, 0.1) is 0 Å². The summed E-state index contributed by atoms with van der Waals surface area (Å²) in [5.41, 5.74) is 0. The Kier molecular flexibility index (Phi) is 4.80. The van der Waals surface area contributed by atoms with Gasteiger partial charge in [0.2, 0.25) is 0 Å². The number of carbonyl (C=O) groups is 3. The van der Waals surface area contributed by atoms with Gasteiger partial charge in [0.05, 0.1) is 11.8 Å². The lowest BCUT2D eigenvalue weighted by Crippen LogP contribution is -2.56. The van der Waals surface area contributed by atoms with E-state index in [-0.39, 0.29) is 6.61 Å². The normalized spacial score (nSPS) is 29.8. The summed E-state index contributed by atoms with van der Waals surface area (Å²) in [6.45, 7) is -2.35. The second-order valence-corrected chi connectivity index (χ2v) is 4.06. The minimum absolute atomic E-state index is 0.262. The van der Waals surface area contributed by atoms with Crippen LogP contribution in [0.2, 0.25) is 0 Å². The van der Waals surface area contributed by atoms with Crippen LogP contribution in [0.4, 0.5) is 0 Å². The maximum absolute atomic E-state index is 11.5. The topological polar surface area (TPSA) is 100 Å². The molecule has 8 nitrogen and oxygen atoms in total. The van der Waals surface area contributed by atoms with Crippen LogP contribution in [0.15, 0.2) is 4.99 Å². The molecule has 0 spiro atoms. The Morgan fingerprint density at radius 2 is 1.71 bits per heavy atom. The summed E-state index contributed by atoms with van der Waals surface area (Å²) in [7, 11) is 0. The fourth-order valence-electron chi connectivity index (χ4n) is 1.76. The van der Waals surface area contributed by atoms with Gasteiger partial charge in [0.15, 0.2) is 24.5 Å². The van der Waals surface area contributed by atoms with E-state index in [9.17, 15) is 14.4 Å². The molecule has 0 bridgehead atoms. The van der Waals surface area contributed by atoms with Gasteiger partial charge in [0.25, 0.3) is 0 Å². The first-order valence-electron chi connectivity index (χ1n) is 7.73. The molecule has 1 unspecified atom stereocenters. The number of carbonyl (C=O) groups excluding carboxylic acids is 3. The third kappa shape index (κ3) is 5.22. The molecule has 0 aromatic rings. The predicted molar refractivity (Wildman–Crippen MR) is 71.4 cm³/mol. The Labute approximate surface area is 130 Å². The molecule has 1 fully saturated rings. The van der Waals surface area contributed by atoms with Gasteiger partial charge in [0, 0.05) is 24.8 Å². The standard InChI is InChI=1S/C12H15NO7S/c1-6(14)18-9-4-17-12(13-5-21)11(20-8(3)16)10(9)19-7(2)15/h9-12H,4H2,1-3H3/t9-,10+,11-,12?/m1/s1/i1D,2D,3D. The predicted octanol–water partition coefficient (Wildman–Crippen LogP) is 0.241. The number of isothiocyanates is 1. The van der Waals surface area contributed by atoms with Crippen LogP contribution in [0.1, 0.15) is 24.8 Å². The van der Waals surface area contributed by atoms with E-state index >= 15 is 0 Å². The number of thiocarbonyl (C=S) groups is 1. The second kappa shape index (κ2) is 7.82. The quantitative estimate of drug-likeness (QED) is 0.314. The third-order valence-electron chi connectivity index (χ3n) is 2.40. The highest BCUT2D eigenvalue weighted by molar-refractivity contribution is 7.78. The first-order valence-corrected chi connectivity index (χ1v) is 6.02. The molecular formula is C12H15NO7S. The number of rotatable bonds is 4. The van der Waals surface area contributed by atoms with Gasteiger partial charge in [-0.15, -0.1) is 0 Å². The van der Waals surface area contributed by atoms with Crippen LogP contribution in [0.3, 0.4) is 0 Å². The molecule has 4 atom stereocenters. The summed E-state index contributed by atoms with van der Waals surface area (Å²) in [5, 5.41) is 2.04. The summed E-state index contributed by atoms with van der Waals surface area (Å²) in [5.74, 6) is -2.81. The van der Waals surface area contributed by atoms with Crippen molar-refractivity contribution in [3.63, 3.8) is 0 Å². The van der Waals surface area contributed by atoms with Crippen molar-refractivity contribution < 1.29 is 37.4 Å². The van der Waals surface area contributed by atoms with E-state index in [2.05, 4.69) is 17.2 Å². The molecule has 0 N–H and O–H groups in total. The van der Waals surface area contributed by atoms with Gasteiger partial charge in [-0.2, -0.15) is 4.99 Å². The third-order valence-corrected chi connectivity index (χ3v) is 2.51. The Morgan fingerprint density at radius 3 is 2.29 bits per heavy atom. The average Bonchev–Trinajstić information content (AvgIpc) is 2.58. The molecule has 1 aliphatic heterocycles. The highest BCUT2D eigenvalue weighted by Gasteiger charge is 2.46. The first-order chi connectivity index (χ1) is 11.5.